The SMILES string of the molecule is O=C(N/N=C/c1ccc(Cl)cc1)C(=O)Nc1ccc(Cl)cc1. The third kappa shape index (κ3) is 4.87. The van der Waals surface area contributed by atoms with Gasteiger partial charge in [-0.2, -0.15) is 5.10 Å². The van der Waals surface area contributed by atoms with E-state index in [9.17, 15) is 9.59 Å². The molecule has 0 bridgehead atoms. The average molecular weight is 336 g/mol. The summed E-state index contributed by atoms with van der Waals surface area (Å²) in [5.41, 5.74) is 3.34. The van der Waals surface area contributed by atoms with Gasteiger partial charge in [-0.05, 0) is 42.0 Å². The van der Waals surface area contributed by atoms with Gasteiger partial charge in [-0.25, -0.2) is 5.43 Å². The van der Waals surface area contributed by atoms with E-state index in [2.05, 4.69) is 15.8 Å². The number of nitrogens with zero attached hydrogens (tertiary/aromatic N) is 1. The molecule has 0 spiro atoms. The van der Waals surface area contributed by atoms with Crippen molar-refractivity contribution in [1.82, 2.24) is 5.43 Å². The van der Waals surface area contributed by atoms with Gasteiger partial charge in [0.25, 0.3) is 0 Å². The summed E-state index contributed by atoms with van der Waals surface area (Å²) in [7, 11) is 0. The lowest BCUT2D eigenvalue weighted by Crippen LogP contribution is -2.32. The van der Waals surface area contributed by atoms with Gasteiger partial charge >= 0.3 is 11.8 Å². The van der Waals surface area contributed by atoms with Gasteiger partial charge in [-0.3, -0.25) is 9.59 Å². The molecule has 0 atom stereocenters. The molecule has 0 aliphatic carbocycles. The molecule has 0 aliphatic heterocycles. The number of halogens is 2. The molecule has 7 heteroatoms. The fourth-order valence-corrected chi connectivity index (χ4v) is 1.74. The van der Waals surface area contributed by atoms with Crippen LogP contribution in [0.4, 0.5) is 5.69 Å². The molecule has 2 amide bonds. The highest BCUT2D eigenvalue weighted by Crippen LogP contribution is 2.13. The maximum atomic E-state index is 11.6. The quantitative estimate of drug-likeness (QED) is 0.514. The standard InChI is InChI=1S/C15H11Cl2N3O2/c16-11-3-1-10(2-4-11)9-18-20-15(22)14(21)19-13-7-5-12(17)6-8-13/h1-9H,(H,19,21)(H,20,22)/b18-9+. The molecule has 0 unspecified atom stereocenters. The lowest BCUT2D eigenvalue weighted by atomic mass is 10.2. The van der Waals surface area contributed by atoms with Crippen molar-refractivity contribution in [3.05, 3.63) is 64.1 Å². The molecule has 0 saturated carbocycles. The van der Waals surface area contributed by atoms with Crippen LogP contribution in [0.15, 0.2) is 53.6 Å². The minimum absolute atomic E-state index is 0.464. The van der Waals surface area contributed by atoms with Gasteiger partial charge in [0.05, 0.1) is 6.21 Å². The molecule has 2 aromatic rings. The first-order chi connectivity index (χ1) is 10.5. The van der Waals surface area contributed by atoms with Gasteiger partial charge in [0.15, 0.2) is 0 Å². The Morgan fingerprint density at radius 2 is 1.41 bits per heavy atom. The third-order valence-electron chi connectivity index (χ3n) is 2.56. The first-order valence-corrected chi connectivity index (χ1v) is 6.96. The van der Waals surface area contributed by atoms with Crippen LogP contribution >= 0.6 is 23.2 Å². The van der Waals surface area contributed by atoms with Gasteiger partial charge in [0, 0.05) is 15.7 Å². The van der Waals surface area contributed by atoms with Crippen LogP contribution in [0.5, 0.6) is 0 Å². The molecule has 2 rings (SSSR count). The molecular weight excluding hydrogens is 325 g/mol. The van der Waals surface area contributed by atoms with E-state index < -0.39 is 11.8 Å². The number of anilines is 1. The van der Waals surface area contributed by atoms with Crippen LogP contribution in [0.1, 0.15) is 5.56 Å². The fraction of sp³-hybridized carbons (Fsp3) is 0. The number of benzene rings is 2. The Morgan fingerprint density at radius 1 is 0.864 bits per heavy atom. The summed E-state index contributed by atoms with van der Waals surface area (Å²) < 4.78 is 0. The highest BCUT2D eigenvalue weighted by Gasteiger charge is 2.12. The third-order valence-corrected chi connectivity index (χ3v) is 3.06. The van der Waals surface area contributed by atoms with Gasteiger partial charge in [-0.15, -0.1) is 0 Å². The summed E-state index contributed by atoms with van der Waals surface area (Å²) in [5.74, 6) is -1.70. The average Bonchev–Trinajstić information content (AvgIpc) is 2.51. The van der Waals surface area contributed by atoms with Crippen molar-refractivity contribution in [3.8, 4) is 0 Å². The highest BCUT2D eigenvalue weighted by molar-refractivity contribution is 6.39. The predicted molar refractivity (Wildman–Crippen MR) is 87.3 cm³/mol. The highest BCUT2D eigenvalue weighted by atomic mass is 35.5. The zero-order chi connectivity index (χ0) is 15.9. The summed E-state index contributed by atoms with van der Waals surface area (Å²) >= 11 is 11.5. The number of hydrogen-bond acceptors (Lipinski definition) is 3. The molecule has 112 valence electrons. The van der Waals surface area contributed by atoms with Gasteiger partial charge in [0.1, 0.15) is 0 Å². The van der Waals surface area contributed by atoms with E-state index in [0.29, 0.717) is 15.7 Å². The number of nitrogens with one attached hydrogen (secondary N) is 2. The van der Waals surface area contributed by atoms with E-state index in [1.807, 2.05) is 0 Å². The monoisotopic (exact) mass is 335 g/mol. The molecule has 22 heavy (non-hydrogen) atoms. The number of hydrazone groups is 1. The molecule has 0 fully saturated rings. The zero-order valence-corrected chi connectivity index (χ0v) is 12.7. The molecule has 5 nitrogen and oxygen atoms in total. The molecule has 0 aromatic heterocycles. The van der Waals surface area contributed by atoms with Crippen molar-refractivity contribution in [2.75, 3.05) is 5.32 Å². The van der Waals surface area contributed by atoms with Crippen molar-refractivity contribution in [1.29, 1.82) is 0 Å². The van der Waals surface area contributed by atoms with E-state index in [1.54, 1.807) is 48.5 Å². The van der Waals surface area contributed by atoms with E-state index in [-0.39, 0.29) is 0 Å². The summed E-state index contributed by atoms with van der Waals surface area (Å²) in [6.07, 6.45) is 1.41. The predicted octanol–water partition coefficient (Wildman–Crippen LogP) is 3.08. The molecule has 2 N–H and O–H groups in total. The maximum absolute atomic E-state index is 11.6. The number of carbonyl (C=O) groups is 2. The first-order valence-electron chi connectivity index (χ1n) is 6.20. The lowest BCUT2D eigenvalue weighted by Gasteiger charge is -2.03. The number of carbonyl (C=O) groups excluding carboxylic acids is 2. The van der Waals surface area contributed by atoms with Crippen LogP contribution in [-0.4, -0.2) is 18.0 Å². The van der Waals surface area contributed by atoms with Crippen LogP contribution in [0, 0.1) is 0 Å². The van der Waals surface area contributed by atoms with Gasteiger partial charge in [-0.1, -0.05) is 35.3 Å². The van der Waals surface area contributed by atoms with E-state index in [0.717, 1.165) is 5.56 Å². The van der Waals surface area contributed by atoms with Crippen LogP contribution in [0.3, 0.4) is 0 Å². The zero-order valence-electron chi connectivity index (χ0n) is 11.2. The smallest absolute Gasteiger partial charge is 0.318 e. The topological polar surface area (TPSA) is 70.6 Å². The molecular formula is C15H11Cl2N3O2. The van der Waals surface area contributed by atoms with E-state index >= 15 is 0 Å². The Kier molecular flexibility index (Phi) is 5.52. The van der Waals surface area contributed by atoms with Crippen molar-refractivity contribution in [2.24, 2.45) is 5.10 Å². The summed E-state index contributed by atoms with van der Waals surface area (Å²) in [6, 6.07) is 13.2. The van der Waals surface area contributed by atoms with Gasteiger partial charge in [0.2, 0.25) is 0 Å². The Bertz CT molecular complexity index is 698. The molecule has 0 aliphatic rings. The Labute approximate surface area is 136 Å². The number of hydrogen-bond donors (Lipinski definition) is 2. The second-order valence-corrected chi connectivity index (χ2v) is 5.08. The minimum atomic E-state index is -0.875. The normalized spacial score (nSPS) is 10.5. The van der Waals surface area contributed by atoms with Crippen LogP contribution in [0.2, 0.25) is 10.0 Å². The van der Waals surface area contributed by atoms with Crippen LogP contribution in [-0.2, 0) is 9.59 Å². The summed E-state index contributed by atoms with van der Waals surface area (Å²) in [5, 5.41) is 7.26. The fourth-order valence-electron chi connectivity index (χ4n) is 1.49. The second kappa shape index (κ2) is 7.59. The van der Waals surface area contributed by atoms with E-state index in [1.165, 1.54) is 6.21 Å². The largest absolute Gasteiger partial charge is 0.329 e. The van der Waals surface area contributed by atoms with E-state index in [4.69, 9.17) is 23.2 Å². The second-order valence-electron chi connectivity index (χ2n) is 4.21. The van der Waals surface area contributed by atoms with Crippen LogP contribution in [0.25, 0.3) is 0 Å². The minimum Gasteiger partial charge on any atom is -0.318 e. The van der Waals surface area contributed by atoms with Crippen molar-refractivity contribution in [2.45, 2.75) is 0 Å². The molecule has 0 saturated heterocycles. The number of amides is 2. The van der Waals surface area contributed by atoms with Crippen molar-refractivity contribution in [3.63, 3.8) is 0 Å². The van der Waals surface area contributed by atoms with Gasteiger partial charge < -0.3 is 5.32 Å². The molecule has 0 radical (unpaired) electrons. The summed E-state index contributed by atoms with van der Waals surface area (Å²) in [4.78, 5) is 23.2. The van der Waals surface area contributed by atoms with Crippen LogP contribution < -0.4 is 10.7 Å². The summed E-state index contributed by atoms with van der Waals surface area (Å²) in [6.45, 7) is 0. The maximum Gasteiger partial charge on any atom is 0.329 e. The van der Waals surface area contributed by atoms with Crippen molar-refractivity contribution >= 4 is 46.9 Å². The Morgan fingerprint density at radius 3 is 2.00 bits per heavy atom. The Hall–Kier alpha value is -2.37. The van der Waals surface area contributed by atoms with Crippen molar-refractivity contribution < 1.29 is 9.59 Å². The Balaban J connectivity index is 1.87. The molecule has 0 heterocycles. The lowest BCUT2D eigenvalue weighted by molar-refractivity contribution is -0.136. The number of rotatable bonds is 3. The molecule has 2 aromatic carbocycles. The first kappa shape index (κ1) is 16.0.